The summed E-state index contributed by atoms with van der Waals surface area (Å²) in [5.41, 5.74) is 0. The summed E-state index contributed by atoms with van der Waals surface area (Å²) in [5, 5.41) is 8.09. The fraction of sp³-hybridized carbons (Fsp3) is 0.500. The number of carboxylic acids is 1. The Morgan fingerprint density at radius 3 is 2.70 bits per heavy atom. The lowest BCUT2D eigenvalue weighted by molar-refractivity contribution is -0.131. The Labute approximate surface area is 59.1 Å². The van der Waals surface area contributed by atoms with E-state index in [1.807, 2.05) is 0 Å². The zero-order valence-corrected chi connectivity index (χ0v) is 5.90. The van der Waals surface area contributed by atoms with Crippen LogP contribution in [0.3, 0.4) is 0 Å². The number of hydrogen-bond donors (Lipinski definition) is 1. The molecule has 1 unspecified atom stereocenters. The fourth-order valence-corrected chi connectivity index (χ4v) is 0.264. The lowest BCUT2D eigenvalue weighted by atomic mass is 10.6. The number of hydrogen-bond acceptors (Lipinski definition) is 3. The van der Waals surface area contributed by atoms with Crippen LogP contribution < -0.4 is 0 Å². The fourth-order valence-electron chi connectivity index (χ4n) is 0.264. The summed E-state index contributed by atoms with van der Waals surface area (Å²) in [4.78, 5) is 9.86. The van der Waals surface area contributed by atoms with E-state index in [0.717, 1.165) is 12.3 Å². The Morgan fingerprint density at radius 2 is 2.30 bits per heavy atom. The largest absolute Gasteiger partial charge is 0.478 e. The highest BCUT2D eigenvalue weighted by atomic mass is 16.7. The van der Waals surface area contributed by atoms with Gasteiger partial charge in [-0.15, -0.1) is 0 Å². The maximum absolute atomic E-state index is 9.86. The van der Waals surface area contributed by atoms with Crippen molar-refractivity contribution in [2.45, 2.75) is 13.2 Å². The van der Waals surface area contributed by atoms with Crippen molar-refractivity contribution in [1.29, 1.82) is 0 Å². The van der Waals surface area contributed by atoms with Crippen molar-refractivity contribution in [3.63, 3.8) is 0 Å². The van der Waals surface area contributed by atoms with E-state index in [4.69, 9.17) is 9.84 Å². The lowest BCUT2D eigenvalue weighted by Gasteiger charge is -2.06. The average molecular weight is 146 g/mol. The summed E-state index contributed by atoms with van der Waals surface area (Å²) in [6.45, 7) is 1.66. The Bertz CT molecular complexity index is 130. The Balaban J connectivity index is 3.43. The summed E-state index contributed by atoms with van der Waals surface area (Å²) < 4.78 is 9.38. The van der Waals surface area contributed by atoms with E-state index in [0.29, 0.717) is 0 Å². The molecule has 1 atom stereocenters. The predicted octanol–water partition coefficient (Wildman–Crippen LogP) is 0.594. The lowest BCUT2D eigenvalue weighted by Crippen LogP contribution is -2.05. The molecule has 58 valence electrons. The van der Waals surface area contributed by atoms with Crippen LogP contribution in [-0.2, 0) is 14.3 Å². The second-order valence-electron chi connectivity index (χ2n) is 1.58. The molecule has 0 aromatic heterocycles. The molecule has 0 aliphatic rings. The smallest absolute Gasteiger partial charge is 0.331 e. The second-order valence-corrected chi connectivity index (χ2v) is 1.58. The highest BCUT2D eigenvalue weighted by molar-refractivity contribution is 5.79. The van der Waals surface area contributed by atoms with Gasteiger partial charge in [0.25, 0.3) is 0 Å². The quantitative estimate of drug-likeness (QED) is 0.358. The van der Waals surface area contributed by atoms with E-state index in [9.17, 15) is 4.79 Å². The van der Waals surface area contributed by atoms with Crippen LogP contribution in [0.5, 0.6) is 0 Å². The molecule has 0 saturated heterocycles. The molecule has 0 aromatic rings. The van der Waals surface area contributed by atoms with Crippen LogP contribution in [0, 0.1) is 0 Å². The molecule has 0 spiro atoms. The zero-order chi connectivity index (χ0) is 7.98. The molecule has 4 heteroatoms. The minimum absolute atomic E-state index is 0.407. The van der Waals surface area contributed by atoms with Crippen molar-refractivity contribution in [2.24, 2.45) is 0 Å². The Morgan fingerprint density at radius 1 is 1.70 bits per heavy atom. The molecule has 10 heavy (non-hydrogen) atoms. The highest BCUT2D eigenvalue weighted by Gasteiger charge is 1.93. The van der Waals surface area contributed by atoms with Gasteiger partial charge >= 0.3 is 5.97 Å². The van der Waals surface area contributed by atoms with Gasteiger partial charge in [-0.05, 0) is 6.92 Å². The molecular weight excluding hydrogens is 136 g/mol. The van der Waals surface area contributed by atoms with Crippen molar-refractivity contribution in [3.05, 3.63) is 12.3 Å². The number of carboxylic acid groups (broad SMARTS) is 1. The summed E-state index contributed by atoms with van der Waals surface area (Å²) in [6, 6.07) is 0. The van der Waals surface area contributed by atoms with Crippen LogP contribution in [0.2, 0.25) is 0 Å². The van der Waals surface area contributed by atoms with Crippen LogP contribution in [0.1, 0.15) is 6.92 Å². The molecule has 0 saturated carbocycles. The highest BCUT2D eigenvalue weighted by Crippen LogP contribution is 1.90. The zero-order valence-electron chi connectivity index (χ0n) is 5.90. The summed E-state index contributed by atoms with van der Waals surface area (Å²) in [6.07, 6.45) is 1.57. The number of aliphatic carboxylic acids is 1. The van der Waals surface area contributed by atoms with Crippen molar-refractivity contribution in [3.8, 4) is 0 Å². The molecule has 0 aliphatic heterocycles. The van der Waals surface area contributed by atoms with Crippen molar-refractivity contribution < 1.29 is 19.4 Å². The third kappa shape index (κ3) is 5.11. The van der Waals surface area contributed by atoms with Gasteiger partial charge in [-0.1, -0.05) is 0 Å². The average Bonchev–Trinajstić information content (AvgIpc) is 1.87. The van der Waals surface area contributed by atoms with Gasteiger partial charge in [0.05, 0.1) is 12.3 Å². The molecule has 0 radical (unpaired) electrons. The monoisotopic (exact) mass is 146 g/mol. The molecule has 0 fully saturated rings. The third-order valence-corrected chi connectivity index (χ3v) is 0.813. The van der Waals surface area contributed by atoms with Gasteiger partial charge in [-0.25, -0.2) is 4.79 Å². The standard InChI is InChI=1S/C6H10O4/c1-5(9-2)10-4-3-6(7)8/h3-5H,1-2H3,(H,7,8). The van der Waals surface area contributed by atoms with Gasteiger partial charge in [0.15, 0.2) is 6.29 Å². The van der Waals surface area contributed by atoms with Gasteiger partial charge in [0.1, 0.15) is 0 Å². The van der Waals surface area contributed by atoms with Gasteiger partial charge in [0, 0.05) is 7.11 Å². The molecule has 0 bridgehead atoms. The summed E-state index contributed by atoms with van der Waals surface area (Å²) in [5.74, 6) is -1.04. The van der Waals surface area contributed by atoms with E-state index < -0.39 is 12.3 Å². The second kappa shape index (κ2) is 4.81. The first-order chi connectivity index (χ1) is 4.66. The number of carbonyl (C=O) groups is 1. The van der Waals surface area contributed by atoms with Gasteiger partial charge in [-0.2, -0.15) is 0 Å². The minimum atomic E-state index is -1.04. The van der Waals surface area contributed by atoms with Gasteiger partial charge in [-0.3, -0.25) is 0 Å². The molecule has 0 heterocycles. The molecule has 1 N–H and O–H groups in total. The first-order valence-corrected chi connectivity index (χ1v) is 2.74. The first kappa shape index (κ1) is 8.97. The Kier molecular flexibility index (Phi) is 4.32. The van der Waals surface area contributed by atoms with Crippen molar-refractivity contribution in [1.82, 2.24) is 0 Å². The number of ether oxygens (including phenoxy) is 2. The topological polar surface area (TPSA) is 55.8 Å². The molecule has 4 nitrogen and oxygen atoms in total. The molecule has 0 rings (SSSR count). The minimum Gasteiger partial charge on any atom is -0.478 e. The van der Waals surface area contributed by atoms with E-state index >= 15 is 0 Å². The summed E-state index contributed by atoms with van der Waals surface area (Å²) >= 11 is 0. The van der Waals surface area contributed by atoms with Crippen LogP contribution in [-0.4, -0.2) is 24.5 Å². The predicted molar refractivity (Wildman–Crippen MR) is 34.3 cm³/mol. The molecule has 0 aliphatic carbocycles. The maximum atomic E-state index is 9.86. The van der Waals surface area contributed by atoms with Crippen molar-refractivity contribution >= 4 is 5.97 Å². The van der Waals surface area contributed by atoms with Gasteiger partial charge in [0.2, 0.25) is 0 Å². The van der Waals surface area contributed by atoms with Crippen LogP contribution in [0.15, 0.2) is 12.3 Å². The normalized spacial score (nSPS) is 13.4. The molecule has 0 aromatic carbocycles. The molecular formula is C6H10O4. The van der Waals surface area contributed by atoms with E-state index in [1.165, 1.54) is 7.11 Å². The van der Waals surface area contributed by atoms with Crippen LogP contribution in [0.4, 0.5) is 0 Å². The molecule has 0 amide bonds. The summed E-state index contributed by atoms with van der Waals surface area (Å²) in [7, 11) is 1.47. The van der Waals surface area contributed by atoms with E-state index in [2.05, 4.69) is 4.74 Å². The van der Waals surface area contributed by atoms with E-state index in [-0.39, 0.29) is 0 Å². The third-order valence-electron chi connectivity index (χ3n) is 0.813. The maximum Gasteiger partial charge on any atom is 0.331 e. The Hall–Kier alpha value is -1.03. The number of rotatable bonds is 4. The van der Waals surface area contributed by atoms with E-state index in [1.54, 1.807) is 6.92 Å². The SMILES string of the molecule is COC(C)OC=CC(=O)O. The van der Waals surface area contributed by atoms with Gasteiger partial charge < -0.3 is 14.6 Å². The van der Waals surface area contributed by atoms with Crippen molar-refractivity contribution in [2.75, 3.05) is 7.11 Å². The van der Waals surface area contributed by atoms with Crippen LogP contribution in [0.25, 0.3) is 0 Å². The van der Waals surface area contributed by atoms with Crippen LogP contribution >= 0.6 is 0 Å². The first-order valence-electron chi connectivity index (χ1n) is 2.74. The number of methoxy groups -OCH3 is 1.